The quantitative estimate of drug-likeness (QED) is 0.420. The Balaban J connectivity index is 2.14. The summed E-state index contributed by atoms with van der Waals surface area (Å²) in [7, 11) is 0. The van der Waals surface area contributed by atoms with Crippen molar-refractivity contribution in [2.45, 2.75) is 31.1 Å². The zero-order chi connectivity index (χ0) is 7.35. The van der Waals surface area contributed by atoms with Crippen LogP contribution >= 0.6 is 0 Å². The van der Waals surface area contributed by atoms with Crippen LogP contribution in [0.1, 0.15) is 27.2 Å². The summed E-state index contributed by atoms with van der Waals surface area (Å²) in [5, 5.41) is 0. The van der Waals surface area contributed by atoms with Crippen molar-refractivity contribution in [1.82, 2.24) is 0 Å². The van der Waals surface area contributed by atoms with Gasteiger partial charge in [-0.05, 0) is 0 Å². The first-order valence-corrected chi connectivity index (χ1v) is 7.06. The number of fused-ring (bicyclic) bond motifs is 1. The fourth-order valence-corrected chi connectivity index (χ4v) is 8.59. The van der Waals surface area contributed by atoms with Gasteiger partial charge >= 0.3 is 74.0 Å². The molecule has 0 N–H and O–H groups in total. The van der Waals surface area contributed by atoms with Crippen LogP contribution in [0.3, 0.4) is 0 Å². The Morgan fingerprint density at radius 1 is 1.60 bits per heavy atom. The Kier molecular flexibility index (Phi) is 1.56. The molecule has 0 aromatic rings. The predicted octanol–water partition coefficient (Wildman–Crippen LogP) is -0.860. The first-order valence-electron chi connectivity index (χ1n) is 4.29. The molecular weight excluding hydrogens is 235 g/mol. The third-order valence-corrected chi connectivity index (χ3v) is 8.66. The Bertz CT molecular complexity index is 155. The predicted molar refractivity (Wildman–Crippen MR) is 39.7 cm³/mol. The van der Waals surface area contributed by atoms with Gasteiger partial charge in [0.15, 0.2) is 0 Å². The van der Waals surface area contributed by atoms with Crippen molar-refractivity contribution in [3.8, 4) is 0 Å². The zero-order valence-electron chi connectivity index (χ0n) is 7.02. The molecule has 4 atom stereocenters. The van der Waals surface area contributed by atoms with Gasteiger partial charge in [0.2, 0.25) is 0 Å². The van der Waals surface area contributed by atoms with Crippen molar-refractivity contribution in [2.24, 2.45) is 17.3 Å². The molecular formula is C9H16I-. The van der Waals surface area contributed by atoms with Gasteiger partial charge in [0, 0.05) is 0 Å². The molecule has 2 aliphatic rings. The maximum absolute atomic E-state index is 2.53. The van der Waals surface area contributed by atoms with Crippen LogP contribution in [0.15, 0.2) is 0 Å². The minimum absolute atomic E-state index is 0.617. The number of rotatable bonds is 1. The van der Waals surface area contributed by atoms with Crippen molar-refractivity contribution in [2.75, 3.05) is 4.43 Å². The van der Waals surface area contributed by atoms with Crippen LogP contribution in [0.25, 0.3) is 0 Å². The van der Waals surface area contributed by atoms with Crippen LogP contribution in [0.5, 0.6) is 0 Å². The topological polar surface area (TPSA) is 0 Å². The molecule has 1 heteroatoms. The van der Waals surface area contributed by atoms with Crippen molar-refractivity contribution < 1.29 is 21.2 Å². The summed E-state index contributed by atoms with van der Waals surface area (Å²) >= 11 is 0.617. The van der Waals surface area contributed by atoms with Crippen LogP contribution in [0.4, 0.5) is 0 Å². The molecule has 2 rings (SSSR count). The molecule has 2 fully saturated rings. The fraction of sp³-hybridized carbons (Fsp3) is 1.00. The molecule has 1 aliphatic heterocycles. The van der Waals surface area contributed by atoms with Crippen LogP contribution in [0.2, 0.25) is 0 Å². The number of alkyl halides is 2. The second-order valence-electron chi connectivity index (χ2n) is 3.97. The Hall–Kier alpha value is 0.730. The van der Waals surface area contributed by atoms with Gasteiger partial charge in [0.05, 0.1) is 0 Å². The van der Waals surface area contributed by atoms with Crippen molar-refractivity contribution in [3.05, 3.63) is 0 Å². The van der Waals surface area contributed by atoms with E-state index in [1.807, 2.05) is 0 Å². The zero-order valence-corrected chi connectivity index (χ0v) is 9.18. The van der Waals surface area contributed by atoms with E-state index in [2.05, 4.69) is 20.8 Å². The molecule has 0 amide bonds. The molecule has 1 aliphatic carbocycles. The third-order valence-electron chi connectivity index (χ3n) is 3.72. The molecule has 3 unspecified atom stereocenters. The number of halogens is 1. The summed E-state index contributed by atoms with van der Waals surface area (Å²) in [6.45, 7) is 7.36. The van der Waals surface area contributed by atoms with E-state index in [0.717, 1.165) is 17.3 Å². The molecule has 0 spiro atoms. The van der Waals surface area contributed by atoms with E-state index < -0.39 is 0 Å². The minimum atomic E-state index is 0.617. The summed E-state index contributed by atoms with van der Waals surface area (Å²) < 4.78 is 2.84. The molecule has 1 saturated carbocycles. The van der Waals surface area contributed by atoms with Crippen LogP contribution < -0.4 is 21.2 Å². The first kappa shape index (κ1) is 7.38. The molecule has 0 radical (unpaired) electrons. The van der Waals surface area contributed by atoms with Crippen LogP contribution in [0, 0.1) is 17.3 Å². The van der Waals surface area contributed by atoms with Gasteiger partial charge in [-0.3, -0.25) is 0 Å². The average molecular weight is 251 g/mol. The van der Waals surface area contributed by atoms with Crippen molar-refractivity contribution in [1.29, 1.82) is 0 Å². The van der Waals surface area contributed by atoms with Crippen LogP contribution in [-0.2, 0) is 0 Å². The molecule has 0 nitrogen and oxygen atoms in total. The molecule has 1 saturated heterocycles. The van der Waals surface area contributed by atoms with Crippen molar-refractivity contribution in [3.63, 3.8) is 0 Å². The summed E-state index contributed by atoms with van der Waals surface area (Å²) in [5.41, 5.74) is 0.835. The summed E-state index contributed by atoms with van der Waals surface area (Å²) in [6.07, 6.45) is 1.44. The van der Waals surface area contributed by atoms with E-state index in [0.29, 0.717) is 21.2 Å². The Morgan fingerprint density at radius 3 is 2.60 bits per heavy atom. The SMILES string of the molecule is CCC1C[I-]C2[C@H](C)C12C. The Morgan fingerprint density at radius 2 is 2.30 bits per heavy atom. The van der Waals surface area contributed by atoms with Gasteiger partial charge in [-0.15, -0.1) is 0 Å². The van der Waals surface area contributed by atoms with E-state index in [4.69, 9.17) is 0 Å². The number of hydrogen-bond acceptors (Lipinski definition) is 0. The standard InChI is InChI=1S/C9H16I/c1-4-7-5-10-8-6(2)9(7,8)3/h6-8H,4-5H2,1-3H3/q-1/t6-,7?,8?,9?/m0/s1. The molecule has 60 valence electrons. The van der Waals surface area contributed by atoms with E-state index >= 15 is 0 Å². The number of hydrogen-bond donors (Lipinski definition) is 0. The molecule has 0 aromatic carbocycles. The summed E-state index contributed by atoms with van der Waals surface area (Å²) in [6, 6.07) is 0. The first-order chi connectivity index (χ1) is 4.71. The van der Waals surface area contributed by atoms with E-state index in [9.17, 15) is 0 Å². The summed E-state index contributed by atoms with van der Waals surface area (Å²) in [5.74, 6) is 2.21. The molecule has 10 heavy (non-hydrogen) atoms. The normalized spacial score (nSPS) is 59.3. The van der Waals surface area contributed by atoms with Gasteiger partial charge in [0.1, 0.15) is 0 Å². The monoisotopic (exact) mass is 251 g/mol. The maximum atomic E-state index is 2.53. The Labute approximate surface area is 74.0 Å². The third kappa shape index (κ3) is 0.678. The van der Waals surface area contributed by atoms with Crippen molar-refractivity contribution >= 4 is 0 Å². The van der Waals surface area contributed by atoms with Gasteiger partial charge < -0.3 is 0 Å². The van der Waals surface area contributed by atoms with Gasteiger partial charge in [-0.2, -0.15) is 0 Å². The molecule has 0 bridgehead atoms. The average Bonchev–Trinajstić information content (AvgIpc) is 2.36. The van der Waals surface area contributed by atoms with Crippen LogP contribution in [-0.4, -0.2) is 8.35 Å². The molecule has 0 aromatic heterocycles. The second-order valence-corrected chi connectivity index (χ2v) is 7.07. The van der Waals surface area contributed by atoms with E-state index in [1.165, 1.54) is 10.3 Å². The van der Waals surface area contributed by atoms with Gasteiger partial charge in [-0.25, -0.2) is 0 Å². The molecule has 1 heterocycles. The van der Waals surface area contributed by atoms with Gasteiger partial charge in [0.25, 0.3) is 0 Å². The second kappa shape index (κ2) is 2.11. The van der Waals surface area contributed by atoms with E-state index in [-0.39, 0.29) is 0 Å². The van der Waals surface area contributed by atoms with Gasteiger partial charge in [-0.1, -0.05) is 0 Å². The summed E-state index contributed by atoms with van der Waals surface area (Å²) in [4.78, 5) is 0. The van der Waals surface area contributed by atoms with E-state index in [1.54, 1.807) is 4.43 Å². The fourth-order valence-electron chi connectivity index (χ4n) is 2.50.